The second kappa shape index (κ2) is 4.96. The number of hydrogen-bond donors (Lipinski definition) is 1. The fraction of sp³-hybridized carbons (Fsp3) is 0.250. The molecule has 0 amide bonds. The summed E-state index contributed by atoms with van der Waals surface area (Å²) in [7, 11) is 1.83. The maximum absolute atomic E-state index is 6.05. The molecule has 0 saturated carbocycles. The number of aryl methyl sites for hydroxylation is 3. The molecule has 2 aromatic heterocycles. The van der Waals surface area contributed by atoms with E-state index in [9.17, 15) is 0 Å². The van der Waals surface area contributed by atoms with E-state index in [0.717, 1.165) is 16.9 Å². The van der Waals surface area contributed by atoms with E-state index in [1.54, 1.807) is 23.1 Å². The van der Waals surface area contributed by atoms with Crippen LogP contribution >= 0.6 is 23.2 Å². The average molecular weight is 311 g/mol. The number of fused-ring (bicyclic) bond motifs is 1. The normalized spacial score (nSPS) is 11.3. The van der Waals surface area contributed by atoms with E-state index in [4.69, 9.17) is 28.9 Å². The highest BCUT2D eigenvalue weighted by atomic mass is 35.5. The van der Waals surface area contributed by atoms with E-state index < -0.39 is 0 Å². The Morgan fingerprint density at radius 1 is 1.25 bits per heavy atom. The molecule has 1 aromatic carbocycles. The van der Waals surface area contributed by atoms with Crippen LogP contribution in [0.2, 0.25) is 10.0 Å². The number of benzene rings is 1. The second-order valence-electron chi connectivity index (χ2n) is 4.46. The summed E-state index contributed by atoms with van der Waals surface area (Å²) in [6, 6.07) is 3.49. The zero-order valence-electron chi connectivity index (χ0n) is 10.7. The minimum Gasteiger partial charge on any atom is -0.369 e. The third kappa shape index (κ3) is 2.32. The lowest BCUT2D eigenvalue weighted by Crippen LogP contribution is -2.06. The number of anilines is 1. The summed E-state index contributed by atoms with van der Waals surface area (Å²) in [5.74, 6) is 1.18. The van der Waals surface area contributed by atoms with E-state index in [1.165, 1.54) is 0 Å². The summed E-state index contributed by atoms with van der Waals surface area (Å²) in [5.41, 5.74) is 7.52. The van der Waals surface area contributed by atoms with E-state index in [2.05, 4.69) is 15.1 Å². The number of nitrogen functional groups attached to an aromatic ring is 1. The van der Waals surface area contributed by atoms with Gasteiger partial charge in [-0.15, -0.1) is 0 Å². The SMILES string of the molecule is Cn1cnc(CCn2c(N)nc3cc(Cl)c(Cl)cc32)n1. The van der Waals surface area contributed by atoms with Gasteiger partial charge in [-0.3, -0.25) is 4.68 Å². The highest BCUT2D eigenvalue weighted by Gasteiger charge is 2.11. The van der Waals surface area contributed by atoms with Crippen LogP contribution in [-0.2, 0) is 20.0 Å². The van der Waals surface area contributed by atoms with Crippen LogP contribution in [0.4, 0.5) is 5.95 Å². The zero-order valence-corrected chi connectivity index (χ0v) is 12.2. The van der Waals surface area contributed by atoms with Crippen molar-refractivity contribution in [2.45, 2.75) is 13.0 Å². The third-order valence-corrected chi connectivity index (χ3v) is 3.75. The van der Waals surface area contributed by atoms with Crippen LogP contribution in [-0.4, -0.2) is 24.3 Å². The molecule has 0 aliphatic heterocycles. The third-order valence-electron chi connectivity index (χ3n) is 3.03. The molecule has 3 rings (SSSR count). The number of nitrogens with zero attached hydrogens (tertiary/aromatic N) is 5. The molecule has 0 bridgehead atoms. The Hall–Kier alpha value is -1.79. The Labute approximate surface area is 125 Å². The lowest BCUT2D eigenvalue weighted by atomic mass is 10.3. The van der Waals surface area contributed by atoms with Gasteiger partial charge in [-0.25, -0.2) is 9.97 Å². The summed E-state index contributed by atoms with van der Waals surface area (Å²) >= 11 is 12.0. The Bertz CT molecular complexity index is 776. The standard InChI is InChI=1S/C12H12Cl2N6/c1-19-6-16-11(18-19)2-3-20-10-5-8(14)7(13)4-9(10)17-12(20)15/h4-6H,2-3H2,1H3,(H2,15,17). The molecule has 6 nitrogen and oxygen atoms in total. The van der Waals surface area contributed by atoms with Gasteiger partial charge in [0, 0.05) is 20.0 Å². The van der Waals surface area contributed by atoms with Crippen molar-refractivity contribution in [2.24, 2.45) is 7.05 Å². The van der Waals surface area contributed by atoms with Crippen molar-refractivity contribution >= 4 is 40.2 Å². The fourth-order valence-electron chi connectivity index (χ4n) is 2.08. The van der Waals surface area contributed by atoms with E-state index in [-0.39, 0.29) is 0 Å². The van der Waals surface area contributed by atoms with Crippen LogP contribution in [0.1, 0.15) is 5.82 Å². The topological polar surface area (TPSA) is 74.5 Å². The number of nitrogens with two attached hydrogens (primary N) is 1. The molecule has 0 aliphatic carbocycles. The Morgan fingerprint density at radius 3 is 2.70 bits per heavy atom. The predicted molar refractivity (Wildman–Crippen MR) is 78.9 cm³/mol. The van der Waals surface area contributed by atoms with Crippen molar-refractivity contribution < 1.29 is 0 Å². The van der Waals surface area contributed by atoms with Gasteiger partial charge in [-0.2, -0.15) is 5.10 Å². The minimum absolute atomic E-state index is 0.425. The molecular weight excluding hydrogens is 299 g/mol. The maximum atomic E-state index is 6.05. The lowest BCUT2D eigenvalue weighted by Gasteiger charge is -2.05. The van der Waals surface area contributed by atoms with Gasteiger partial charge in [0.1, 0.15) is 6.33 Å². The quantitative estimate of drug-likeness (QED) is 0.805. The first-order valence-corrected chi connectivity index (χ1v) is 6.75. The van der Waals surface area contributed by atoms with E-state index in [1.807, 2.05) is 11.6 Å². The van der Waals surface area contributed by atoms with Crippen molar-refractivity contribution in [1.82, 2.24) is 24.3 Å². The van der Waals surface area contributed by atoms with Gasteiger partial charge in [0.15, 0.2) is 5.82 Å². The summed E-state index contributed by atoms with van der Waals surface area (Å²) < 4.78 is 3.55. The predicted octanol–water partition coefficient (Wildman–Crippen LogP) is 2.30. The lowest BCUT2D eigenvalue weighted by molar-refractivity contribution is 0.677. The molecule has 0 fully saturated rings. The molecule has 3 aromatic rings. The summed E-state index contributed by atoms with van der Waals surface area (Å²) in [6.07, 6.45) is 2.33. The molecule has 0 unspecified atom stereocenters. The van der Waals surface area contributed by atoms with Crippen molar-refractivity contribution in [2.75, 3.05) is 5.73 Å². The number of halogens is 2. The zero-order chi connectivity index (χ0) is 14.3. The van der Waals surface area contributed by atoms with Gasteiger partial charge in [0.05, 0.1) is 21.1 Å². The molecule has 0 radical (unpaired) electrons. The molecule has 104 valence electrons. The molecule has 2 heterocycles. The molecular formula is C12H12Cl2N6. The first-order valence-electron chi connectivity index (χ1n) is 6.00. The van der Waals surface area contributed by atoms with Gasteiger partial charge in [0.25, 0.3) is 0 Å². The number of aromatic nitrogens is 5. The van der Waals surface area contributed by atoms with Crippen LogP contribution in [0.3, 0.4) is 0 Å². The maximum Gasteiger partial charge on any atom is 0.201 e. The molecule has 20 heavy (non-hydrogen) atoms. The first kappa shape index (κ1) is 13.2. The van der Waals surface area contributed by atoms with E-state index in [0.29, 0.717) is 29.0 Å². The van der Waals surface area contributed by atoms with Crippen molar-refractivity contribution in [1.29, 1.82) is 0 Å². The second-order valence-corrected chi connectivity index (χ2v) is 5.28. The van der Waals surface area contributed by atoms with E-state index >= 15 is 0 Å². The van der Waals surface area contributed by atoms with Gasteiger partial charge in [0.2, 0.25) is 5.95 Å². The number of imidazole rings is 1. The number of hydrogen-bond acceptors (Lipinski definition) is 4. The number of rotatable bonds is 3. The Morgan fingerprint density at radius 2 is 2.00 bits per heavy atom. The molecule has 0 saturated heterocycles. The van der Waals surface area contributed by atoms with Crippen LogP contribution < -0.4 is 5.73 Å². The van der Waals surface area contributed by atoms with Gasteiger partial charge < -0.3 is 10.3 Å². The largest absolute Gasteiger partial charge is 0.369 e. The average Bonchev–Trinajstić information content (AvgIpc) is 2.92. The highest BCUT2D eigenvalue weighted by Crippen LogP contribution is 2.29. The Kier molecular flexibility index (Phi) is 3.27. The van der Waals surface area contributed by atoms with Gasteiger partial charge >= 0.3 is 0 Å². The molecule has 8 heteroatoms. The van der Waals surface area contributed by atoms with Crippen LogP contribution in [0.25, 0.3) is 11.0 Å². The minimum atomic E-state index is 0.425. The van der Waals surface area contributed by atoms with Crippen LogP contribution in [0.5, 0.6) is 0 Å². The molecule has 0 spiro atoms. The summed E-state index contributed by atoms with van der Waals surface area (Å²) in [5, 5.41) is 5.19. The Balaban J connectivity index is 1.94. The molecule has 2 N–H and O–H groups in total. The highest BCUT2D eigenvalue weighted by molar-refractivity contribution is 6.42. The summed E-state index contributed by atoms with van der Waals surface area (Å²) in [6.45, 7) is 0.629. The first-order chi connectivity index (χ1) is 9.54. The van der Waals surface area contributed by atoms with Gasteiger partial charge in [-0.05, 0) is 12.1 Å². The molecule has 0 atom stereocenters. The molecule has 0 aliphatic rings. The van der Waals surface area contributed by atoms with Crippen LogP contribution in [0.15, 0.2) is 18.5 Å². The van der Waals surface area contributed by atoms with Crippen molar-refractivity contribution in [3.8, 4) is 0 Å². The van der Waals surface area contributed by atoms with Gasteiger partial charge in [-0.1, -0.05) is 23.2 Å². The monoisotopic (exact) mass is 310 g/mol. The fourth-order valence-corrected chi connectivity index (χ4v) is 2.40. The summed E-state index contributed by atoms with van der Waals surface area (Å²) in [4.78, 5) is 8.47. The van der Waals surface area contributed by atoms with Crippen molar-refractivity contribution in [3.63, 3.8) is 0 Å². The van der Waals surface area contributed by atoms with Crippen molar-refractivity contribution in [3.05, 3.63) is 34.3 Å². The van der Waals surface area contributed by atoms with Crippen LogP contribution in [0, 0.1) is 0 Å². The smallest absolute Gasteiger partial charge is 0.201 e.